The van der Waals surface area contributed by atoms with Crippen molar-refractivity contribution in [2.24, 2.45) is 0 Å². The molecule has 1 atom stereocenters. The van der Waals surface area contributed by atoms with Crippen molar-refractivity contribution in [3.63, 3.8) is 0 Å². The van der Waals surface area contributed by atoms with Crippen LogP contribution in [-0.2, 0) is 28.6 Å². The summed E-state index contributed by atoms with van der Waals surface area (Å²) in [6.07, 6.45) is 68.8. The van der Waals surface area contributed by atoms with Gasteiger partial charge in [0.25, 0.3) is 0 Å². The van der Waals surface area contributed by atoms with E-state index in [4.69, 9.17) is 14.2 Å². The van der Waals surface area contributed by atoms with Gasteiger partial charge in [-0.2, -0.15) is 0 Å². The van der Waals surface area contributed by atoms with Gasteiger partial charge in [-0.25, -0.2) is 0 Å². The van der Waals surface area contributed by atoms with Gasteiger partial charge in [-0.05, 0) is 109 Å². The second kappa shape index (κ2) is 54.5. The van der Waals surface area contributed by atoms with Crippen LogP contribution >= 0.6 is 0 Å². The van der Waals surface area contributed by atoms with E-state index in [2.05, 4.69) is 93.7 Å². The second-order valence-electron chi connectivity index (χ2n) is 18.5. The van der Waals surface area contributed by atoms with Crippen molar-refractivity contribution >= 4 is 17.9 Å². The Morgan fingerprint density at radius 1 is 0.318 bits per heavy atom. The molecule has 6 heteroatoms. The van der Waals surface area contributed by atoms with Gasteiger partial charge in [0, 0.05) is 19.3 Å². The third-order valence-corrected chi connectivity index (χ3v) is 11.9. The standard InChI is InChI=1S/C60H104O6/c1-4-7-10-13-16-19-22-25-28-30-32-35-38-41-44-47-50-53-59(62)65-56-57(55-64-58(61)52-49-46-43-40-37-34-27-24-21-18-15-12-9-6-3)66-60(63)54-51-48-45-42-39-36-33-31-29-26-23-20-17-14-11-8-5-2/h9,12,16-21,25-26,28-29,57H,4-8,10-11,13-15,22-24,27,30-56H2,1-3H3/b12-9-,19-16-,20-17-,21-18-,28-25-,29-26-. The van der Waals surface area contributed by atoms with E-state index in [-0.39, 0.29) is 31.1 Å². The molecule has 0 aliphatic carbocycles. The van der Waals surface area contributed by atoms with E-state index < -0.39 is 6.10 Å². The van der Waals surface area contributed by atoms with Crippen molar-refractivity contribution in [1.82, 2.24) is 0 Å². The Morgan fingerprint density at radius 3 is 0.909 bits per heavy atom. The first-order valence-electron chi connectivity index (χ1n) is 27.9. The van der Waals surface area contributed by atoms with Crippen LogP contribution in [0.4, 0.5) is 0 Å². The first-order valence-corrected chi connectivity index (χ1v) is 27.9. The van der Waals surface area contributed by atoms with Gasteiger partial charge >= 0.3 is 17.9 Å². The van der Waals surface area contributed by atoms with Crippen LogP contribution < -0.4 is 0 Å². The number of hydrogen-bond acceptors (Lipinski definition) is 6. The molecule has 0 heterocycles. The largest absolute Gasteiger partial charge is 0.462 e. The van der Waals surface area contributed by atoms with Crippen molar-refractivity contribution in [2.75, 3.05) is 13.2 Å². The van der Waals surface area contributed by atoms with E-state index in [0.717, 1.165) is 103 Å². The molecule has 0 saturated carbocycles. The molecular formula is C60H104O6. The lowest BCUT2D eigenvalue weighted by molar-refractivity contribution is -0.167. The number of esters is 3. The van der Waals surface area contributed by atoms with Gasteiger partial charge in [0.05, 0.1) is 0 Å². The maximum atomic E-state index is 12.8. The molecule has 380 valence electrons. The number of hydrogen-bond donors (Lipinski definition) is 0. The SMILES string of the molecule is CC/C=C\C/C=C\CCCCCCCCCC(=O)OCC(COC(=O)CCCCCCCCC/C=C\C/C=C\CCCCC)OC(=O)CCCCCCCCC/C=C\C/C=C\CCCCC. The lowest BCUT2D eigenvalue weighted by Crippen LogP contribution is -2.30. The monoisotopic (exact) mass is 921 g/mol. The van der Waals surface area contributed by atoms with E-state index in [0.29, 0.717) is 19.3 Å². The fraction of sp³-hybridized carbons (Fsp3) is 0.750. The molecule has 6 nitrogen and oxygen atoms in total. The average Bonchev–Trinajstić information content (AvgIpc) is 3.31. The molecular weight excluding hydrogens is 817 g/mol. The van der Waals surface area contributed by atoms with Crippen LogP contribution in [0, 0.1) is 0 Å². The van der Waals surface area contributed by atoms with Crippen LogP contribution in [0.3, 0.4) is 0 Å². The number of carbonyl (C=O) groups is 3. The maximum absolute atomic E-state index is 12.8. The molecule has 0 amide bonds. The minimum absolute atomic E-state index is 0.0851. The zero-order chi connectivity index (χ0) is 47.9. The molecule has 0 aliphatic rings. The molecule has 0 N–H and O–H groups in total. The summed E-state index contributed by atoms with van der Waals surface area (Å²) in [6.45, 7) is 6.48. The lowest BCUT2D eigenvalue weighted by atomic mass is 10.1. The number of unbranched alkanes of at least 4 members (excludes halogenated alkanes) is 27. The van der Waals surface area contributed by atoms with Crippen molar-refractivity contribution in [3.05, 3.63) is 72.9 Å². The summed E-state index contributed by atoms with van der Waals surface area (Å²) in [5.74, 6) is -0.902. The molecule has 0 aromatic heterocycles. The first kappa shape index (κ1) is 62.8. The van der Waals surface area contributed by atoms with E-state index >= 15 is 0 Å². The van der Waals surface area contributed by atoms with Gasteiger partial charge in [-0.3, -0.25) is 14.4 Å². The van der Waals surface area contributed by atoms with Gasteiger partial charge in [-0.1, -0.05) is 216 Å². The van der Waals surface area contributed by atoms with E-state index in [1.165, 1.54) is 128 Å². The Balaban J connectivity index is 4.41. The summed E-state index contributed by atoms with van der Waals surface area (Å²) < 4.78 is 16.8. The number of rotatable bonds is 50. The van der Waals surface area contributed by atoms with Gasteiger partial charge in [-0.15, -0.1) is 0 Å². The van der Waals surface area contributed by atoms with Crippen molar-refractivity contribution in [1.29, 1.82) is 0 Å². The average molecular weight is 921 g/mol. The predicted octanol–water partition coefficient (Wildman–Crippen LogP) is 18.6. The Hall–Kier alpha value is -3.15. The number of allylic oxidation sites excluding steroid dienone is 12. The minimum Gasteiger partial charge on any atom is -0.462 e. The van der Waals surface area contributed by atoms with E-state index in [1.54, 1.807) is 0 Å². The van der Waals surface area contributed by atoms with Crippen molar-refractivity contribution in [3.8, 4) is 0 Å². The smallest absolute Gasteiger partial charge is 0.306 e. The predicted molar refractivity (Wildman–Crippen MR) is 284 cm³/mol. The zero-order valence-electron chi connectivity index (χ0n) is 43.4. The van der Waals surface area contributed by atoms with E-state index in [9.17, 15) is 14.4 Å². The van der Waals surface area contributed by atoms with E-state index in [1.807, 2.05) is 0 Å². The maximum Gasteiger partial charge on any atom is 0.306 e. The molecule has 0 rings (SSSR count). The molecule has 0 radical (unpaired) electrons. The fourth-order valence-electron chi connectivity index (χ4n) is 7.72. The molecule has 0 bridgehead atoms. The fourth-order valence-corrected chi connectivity index (χ4v) is 7.72. The highest BCUT2D eigenvalue weighted by molar-refractivity contribution is 5.71. The summed E-state index contributed by atoms with van der Waals surface area (Å²) in [4.78, 5) is 38.1. The molecule has 0 aromatic carbocycles. The highest BCUT2D eigenvalue weighted by atomic mass is 16.6. The molecule has 0 spiro atoms. The molecule has 0 aromatic rings. The Labute approximate surface area is 408 Å². The summed E-state index contributed by atoms with van der Waals surface area (Å²) in [7, 11) is 0. The molecule has 0 aliphatic heterocycles. The number of ether oxygens (including phenoxy) is 3. The number of carbonyl (C=O) groups excluding carboxylic acids is 3. The third kappa shape index (κ3) is 51.8. The molecule has 0 saturated heterocycles. The van der Waals surface area contributed by atoms with Crippen LogP contribution in [0.5, 0.6) is 0 Å². The second-order valence-corrected chi connectivity index (χ2v) is 18.5. The minimum atomic E-state index is -0.786. The molecule has 0 fully saturated rings. The third-order valence-electron chi connectivity index (χ3n) is 11.9. The van der Waals surface area contributed by atoms with Crippen LogP contribution in [0.15, 0.2) is 72.9 Å². The normalized spacial score (nSPS) is 12.6. The Kier molecular flexibility index (Phi) is 51.9. The van der Waals surface area contributed by atoms with Crippen LogP contribution in [0.1, 0.15) is 271 Å². The molecule has 1 unspecified atom stereocenters. The van der Waals surface area contributed by atoms with Gasteiger partial charge < -0.3 is 14.2 Å². The van der Waals surface area contributed by atoms with Crippen LogP contribution in [-0.4, -0.2) is 37.2 Å². The topological polar surface area (TPSA) is 78.9 Å². The van der Waals surface area contributed by atoms with Crippen molar-refractivity contribution < 1.29 is 28.6 Å². The lowest BCUT2D eigenvalue weighted by Gasteiger charge is -2.18. The Bertz CT molecular complexity index is 1240. The highest BCUT2D eigenvalue weighted by Gasteiger charge is 2.19. The van der Waals surface area contributed by atoms with Gasteiger partial charge in [0.15, 0.2) is 6.10 Å². The quantitative estimate of drug-likeness (QED) is 0.0262. The van der Waals surface area contributed by atoms with Crippen LogP contribution in [0.2, 0.25) is 0 Å². The highest BCUT2D eigenvalue weighted by Crippen LogP contribution is 2.15. The first-order chi connectivity index (χ1) is 32.5. The van der Waals surface area contributed by atoms with Gasteiger partial charge in [0.1, 0.15) is 13.2 Å². The van der Waals surface area contributed by atoms with Gasteiger partial charge in [0.2, 0.25) is 0 Å². The summed E-state index contributed by atoms with van der Waals surface area (Å²) in [5.41, 5.74) is 0. The van der Waals surface area contributed by atoms with Crippen LogP contribution in [0.25, 0.3) is 0 Å². The summed E-state index contributed by atoms with van der Waals surface area (Å²) >= 11 is 0. The Morgan fingerprint density at radius 2 is 0.591 bits per heavy atom. The van der Waals surface area contributed by atoms with Crippen molar-refractivity contribution in [2.45, 2.75) is 277 Å². The zero-order valence-corrected chi connectivity index (χ0v) is 43.4. The summed E-state index contributed by atoms with van der Waals surface area (Å²) in [6, 6.07) is 0. The molecule has 66 heavy (non-hydrogen) atoms. The summed E-state index contributed by atoms with van der Waals surface area (Å²) in [5, 5.41) is 0.